The molecule has 8 nitrogen and oxygen atoms in total. The summed E-state index contributed by atoms with van der Waals surface area (Å²) >= 11 is 0. The zero-order chi connectivity index (χ0) is 20.8. The lowest BCUT2D eigenvalue weighted by atomic mass is 9.96. The van der Waals surface area contributed by atoms with E-state index in [1.807, 2.05) is 36.9 Å². The van der Waals surface area contributed by atoms with E-state index in [9.17, 15) is 4.79 Å². The molecule has 2 aromatic rings. The van der Waals surface area contributed by atoms with Crippen LogP contribution in [0.25, 0.3) is 11.4 Å². The first-order valence-corrected chi connectivity index (χ1v) is 10.3. The van der Waals surface area contributed by atoms with Gasteiger partial charge in [-0.2, -0.15) is 4.98 Å². The van der Waals surface area contributed by atoms with Crippen molar-refractivity contribution in [1.29, 1.82) is 0 Å². The van der Waals surface area contributed by atoms with E-state index in [1.165, 1.54) is 0 Å². The second-order valence-corrected chi connectivity index (χ2v) is 7.28. The van der Waals surface area contributed by atoms with Gasteiger partial charge < -0.3 is 24.2 Å². The molecular weight excluding hydrogens is 372 g/mol. The minimum absolute atomic E-state index is 0.0398. The van der Waals surface area contributed by atoms with Gasteiger partial charge in [0.2, 0.25) is 11.7 Å². The molecule has 1 saturated heterocycles. The number of nitrogens with zero attached hydrogens (tertiary/aromatic N) is 3. The van der Waals surface area contributed by atoms with Crippen LogP contribution in [0.4, 0.5) is 6.01 Å². The average molecular weight is 402 g/mol. The number of nitrogens with one attached hydrogen (secondary N) is 1. The van der Waals surface area contributed by atoms with Crippen LogP contribution in [0.2, 0.25) is 0 Å². The number of carbonyl (C=O) groups is 1. The van der Waals surface area contributed by atoms with Crippen LogP contribution in [0.5, 0.6) is 11.5 Å². The van der Waals surface area contributed by atoms with Gasteiger partial charge in [0, 0.05) is 30.6 Å². The van der Waals surface area contributed by atoms with Gasteiger partial charge in [0.15, 0.2) is 11.5 Å². The number of benzene rings is 1. The molecule has 1 atom stereocenters. The number of aromatic nitrogens is 2. The lowest BCUT2D eigenvalue weighted by Gasteiger charge is -2.30. The molecule has 1 unspecified atom stereocenters. The Balaban J connectivity index is 1.63. The van der Waals surface area contributed by atoms with Crippen LogP contribution in [0.3, 0.4) is 0 Å². The van der Waals surface area contributed by atoms with Gasteiger partial charge in [-0.3, -0.25) is 4.79 Å². The Morgan fingerprint density at radius 3 is 2.72 bits per heavy atom. The lowest BCUT2D eigenvalue weighted by molar-refractivity contribution is -0.126. The predicted octanol–water partition coefficient (Wildman–Crippen LogP) is 3.28. The van der Waals surface area contributed by atoms with Crippen molar-refractivity contribution in [2.24, 2.45) is 5.92 Å². The van der Waals surface area contributed by atoms with Gasteiger partial charge in [0.25, 0.3) is 0 Å². The van der Waals surface area contributed by atoms with Crippen molar-refractivity contribution < 1.29 is 18.8 Å². The first-order chi connectivity index (χ1) is 14.0. The molecule has 29 heavy (non-hydrogen) atoms. The highest BCUT2D eigenvalue weighted by Gasteiger charge is 2.28. The van der Waals surface area contributed by atoms with Gasteiger partial charge in [-0.25, -0.2) is 0 Å². The maximum Gasteiger partial charge on any atom is 0.324 e. The Morgan fingerprint density at radius 2 is 2.07 bits per heavy atom. The summed E-state index contributed by atoms with van der Waals surface area (Å²) in [6.07, 6.45) is 2.49. The number of amides is 1. The van der Waals surface area contributed by atoms with Crippen LogP contribution in [0.1, 0.15) is 40.0 Å². The van der Waals surface area contributed by atoms with E-state index >= 15 is 0 Å². The monoisotopic (exact) mass is 402 g/mol. The van der Waals surface area contributed by atoms with Crippen LogP contribution < -0.4 is 19.7 Å². The maximum atomic E-state index is 12.3. The van der Waals surface area contributed by atoms with Gasteiger partial charge in [-0.15, -0.1) is 0 Å². The predicted molar refractivity (Wildman–Crippen MR) is 110 cm³/mol. The van der Waals surface area contributed by atoms with Crippen molar-refractivity contribution >= 4 is 11.9 Å². The van der Waals surface area contributed by atoms with E-state index in [0.29, 0.717) is 43.0 Å². The topological polar surface area (TPSA) is 89.7 Å². The molecule has 1 aromatic heterocycles. The molecule has 3 rings (SSSR count). The average Bonchev–Trinajstić information content (AvgIpc) is 3.24. The van der Waals surface area contributed by atoms with Crippen LogP contribution in [-0.2, 0) is 4.79 Å². The molecule has 1 aliphatic heterocycles. The minimum atomic E-state index is 0.0398. The van der Waals surface area contributed by atoms with E-state index in [1.54, 1.807) is 7.11 Å². The van der Waals surface area contributed by atoms with Crippen LogP contribution >= 0.6 is 0 Å². The van der Waals surface area contributed by atoms with E-state index in [4.69, 9.17) is 14.0 Å². The van der Waals surface area contributed by atoms with Gasteiger partial charge in [-0.05, 0) is 51.3 Å². The minimum Gasteiger partial charge on any atom is -0.493 e. The molecule has 8 heteroatoms. The molecule has 1 aliphatic rings. The Bertz CT molecular complexity index is 815. The van der Waals surface area contributed by atoms with Gasteiger partial charge in [0.05, 0.1) is 13.7 Å². The van der Waals surface area contributed by atoms with E-state index in [-0.39, 0.29) is 17.9 Å². The largest absolute Gasteiger partial charge is 0.493 e. The number of hydrogen-bond acceptors (Lipinski definition) is 7. The molecule has 2 heterocycles. The molecule has 1 amide bonds. The van der Waals surface area contributed by atoms with Crippen molar-refractivity contribution in [3.05, 3.63) is 18.2 Å². The van der Waals surface area contributed by atoms with Crippen molar-refractivity contribution in [1.82, 2.24) is 15.5 Å². The second kappa shape index (κ2) is 9.62. The first-order valence-electron chi connectivity index (χ1n) is 10.3. The summed E-state index contributed by atoms with van der Waals surface area (Å²) in [6.45, 7) is 8.02. The summed E-state index contributed by atoms with van der Waals surface area (Å²) in [6, 6.07) is 6.26. The Hall–Kier alpha value is -2.77. The van der Waals surface area contributed by atoms with E-state index < -0.39 is 0 Å². The third-order valence-electron chi connectivity index (χ3n) is 5.27. The molecule has 1 aromatic carbocycles. The van der Waals surface area contributed by atoms with E-state index in [0.717, 1.165) is 24.8 Å². The molecule has 0 bridgehead atoms. The molecule has 0 spiro atoms. The highest BCUT2D eigenvalue weighted by atomic mass is 16.5. The quantitative estimate of drug-likeness (QED) is 0.725. The SMILES string of the molecule is CCOc1ccc(-c2noc(N3CCC(C(=O)NC(C)CC)CC3)n2)cc1OC. The third kappa shape index (κ3) is 4.99. The summed E-state index contributed by atoms with van der Waals surface area (Å²) in [4.78, 5) is 18.9. The van der Waals surface area contributed by atoms with Gasteiger partial charge in [-0.1, -0.05) is 12.1 Å². The highest BCUT2D eigenvalue weighted by molar-refractivity contribution is 5.79. The Kier molecular flexibility index (Phi) is 6.95. The van der Waals surface area contributed by atoms with Crippen molar-refractivity contribution in [2.75, 3.05) is 31.7 Å². The number of piperidine rings is 1. The standard InChI is InChI=1S/C21H30N4O4/c1-5-14(3)22-20(26)15-9-11-25(12-10-15)21-23-19(24-29-21)16-7-8-17(28-6-2)18(13-16)27-4/h7-8,13-15H,5-6,9-12H2,1-4H3,(H,22,26). The van der Waals surface area contributed by atoms with Crippen molar-refractivity contribution in [2.45, 2.75) is 46.1 Å². The number of carbonyl (C=O) groups excluding carboxylic acids is 1. The summed E-state index contributed by atoms with van der Waals surface area (Å²) < 4.78 is 16.4. The van der Waals surface area contributed by atoms with Crippen LogP contribution in [0.15, 0.2) is 22.7 Å². The van der Waals surface area contributed by atoms with Crippen LogP contribution in [0, 0.1) is 5.92 Å². The van der Waals surface area contributed by atoms with E-state index in [2.05, 4.69) is 22.4 Å². The van der Waals surface area contributed by atoms with Crippen LogP contribution in [-0.4, -0.2) is 48.9 Å². The second-order valence-electron chi connectivity index (χ2n) is 7.28. The normalized spacial score (nSPS) is 15.8. The summed E-state index contributed by atoms with van der Waals surface area (Å²) in [5, 5.41) is 7.19. The molecule has 0 aliphatic carbocycles. The maximum absolute atomic E-state index is 12.3. The first kappa shape index (κ1) is 21.0. The number of methoxy groups -OCH3 is 1. The zero-order valence-corrected chi connectivity index (χ0v) is 17.6. The molecule has 0 radical (unpaired) electrons. The van der Waals surface area contributed by atoms with Gasteiger partial charge in [0.1, 0.15) is 0 Å². The summed E-state index contributed by atoms with van der Waals surface area (Å²) in [5.41, 5.74) is 0.795. The number of ether oxygens (including phenoxy) is 2. The highest BCUT2D eigenvalue weighted by Crippen LogP contribution is 2.32. The number of hydrogen-bond donors (Lipinski definition) is 1. The Morgan fingerprint density at radius 1 is 1.31 bits per heavy atom. The fraction of sp³-hybridized carbons (Fsp3) is 0.571. The number of anilines is 1. The number of rotatable bonds is 8. The van der Waals surface area contributed by atoms with Crippen molar-refractivity contribution in [3.8, 4) is 22.9 Å². The fourth-order valence-electron chi connectivity index (χ4n) is 3.34. The lowest BCUT2D eigenvalue weighted by Crippen LogP contribution is -2.43. The van der Waals surface area contributed by atoms with Crippen molar-refractivity contribution in [3.63, 3.8) is 0 Å². The Labute approximate surface area is 171 Å². The molecule has 1 N–H and O–H groups in total. The smallest absolute Gasteiger partial charge is 0.324 e. The molecule has 158 valence electrons. The summed E-state index contributed by atoms with van der Waals surface area (Å²) in [5.74, 6) is 1.99. The molecule has 1 fully saturated rings. The zero-order valence-electron chi connectivity index (χ0n) is 17.6. The van der Waals surface area contributed by atoms with Gasteiger partial charge >= 0.3 is 6.01 Å². The molecule has 0 saturated carbocycles. The summed E-state index contributed by atoms with van der Waals surface area (Å²) in [7, 11) is 1.60. The fourth-order valence-corrected chi connectivity index (χ4v) is 3.34. The molecular formula is C21H30N4O4. The third-order valence-corrected chi connectivity index (χ3v) is 5.27.